The van der Waals surface area contributed by atoms with Gasteiger partial charge in [0.1, 0.15) is 60.8 Å². The number of ether oxygens (including phenoxy) is 6. The molecule has 2 unspecified atom stereocenters. The first kappa shape index (κ1) is 112. The van der Waals surface area contributed by atoms with Gasteiger partial charge in [-0.05, 0) is 183 Å². The molecule has 0 spiro atoms. The van der Waals surface area contributed by atoms with E-state index >= 15 is 0 Å². The number of Topliss-reactive ketones (excluding diaryl/α,β-unsaturated/α-hetero) is 3. The van der Waals surface area contributed by atoms with Crippen molar-refractivity contribution in [1.29, 1.82) is 0 Å². The highest BCUT2D eigenvalue weighted by molar-refractivity contribution is 5.94. The van der Waals surface area contributed by atoms with E-state index in [4.69, 9.17) is 50.3 Å². The Hall–Kier alpha value is -11.7. The Morgan fingerprint density at radius 1 is 0.410 bits per heavy atom. The van der Waals surface area contributed by atoms with E-state index in [9.17, 15) is 76.7 Å². The highest BCUT2D eigenvalue weighted by Crippen LogP contribution is 2.20. The summed E-state index contributed by atoms with van der Waals surface area (Å²) in [5, 5.41) is 42.3. The molecule has 41 heteroatoms. The second-order valence-corrected chi connectivity index (χ2v) is 31.4. The maximum atomic E-state index is 13.7. The van der Waals surface area contributed by atoms with E-state index in [0.717, 1.165) is 24.2 Å². The van der Waals surface area contributed by atoms with Gasteiger partial charge in [0, 0.05) is 73.5 Å². The molecule has 4 atom stereocenters. The van der Waals surface area contributed by atoms with E-state index < -0.39 is 161 Å². The Morgan fingerprint density at radius 2 is 0.754 bits per heavy atom. The van der Waals surface area contributed by atoms with Crippen LogP contribution in [-0.4, -0.2) is 220 Å². The second-order valence-electron chi connectivity index (χ2n) is 31.4. The topological polar surface area (TPSA) is 605 Å². The minimum Gasteiger partial charge on any atom is -0.481 e. The molecule has 684 valence electrons. The molecule has 0 heterocycles. The van der Waals surface area contributed by atoms with Crippen LogP contribution in [0.15, 0.2) is 70.9 Å². The van der Waals surface area contributed by atoms with Gasteiger partial charge in [-0.15, -0.1) is 0 Å². The Morgan fingerprint density at radius 3 is 1.10 bits per heavy atom. The summed E-state index contributed by atoms with van der Waals surface area (Å²) in [6.45, 7) is 25.6. The van der Waals surface area contributed by atoms with Crippen LogP contribution in [-0.2, 0) is 99.2 Å². The third-order valence-corrected chi connectivity index (χ3v) is 15.6. The van der Waals surface area contributed by atoms with E-state index in [0.29, 0.717) is 51.4 Å². The number of ketones is 3. The van der Waals surface area contributed by atoms with Crippen LogP contribution in [0.2, 0.25) is 0 Å². The minimum absolute atomic E-state index is 0.113. The maximum absolute atomic E-state index is 13.7. The number of alkyl carbamates (subject to hydrolysis) is 4. The zero-order chi connectivity index (χ0) is 92.5. The summed E-state index contributed by atoms with van der Waals surface area (Å²) < 4.78 is 32.1. The maximum Gasteiger partial charge on any atom is 0.407 e. The van der Waals surface area contributed by atoms with E-state index in [-0.39, 0.29) is 117 Å². The number of nitrogens with two attached hydrogens (primary N) is 1. The van der Waals surface area contributed by atoms with Gasteiger partial charge in [-0.1, -0.05) is 97.6 Å². The third kappa shape index (κ3) is 68.1. The molecule has 122 heavy (non-hydrogen) atoms. The van der Waals surface area contributed by atoms with E-state index in [1.54, 1.807) is 83.1 Å². The number of amides is 10. The summed E-state index contributed by atoms with van der Waals surface area (Å²) in [7, 11) is 0. The molecule has 0 saturated heterocycles. The van der Waals surface area contributed by atoms with Gasteiger partial charge in [0.05, 0.1) is 32.7 Å². The summed E-state index contributed by atoms with van der Waals surface area (Å²) in [6, 6.07) is 16.3. The number of benzene rings is 2. The number of unbranched alkanes of at least 4 members (excludes halogenated alkanes) is 4. The largest absolute Gasteiger partial charge is 0.481 e. The highest BCUT2D eigenvalue weighted by Gasteiger charge is 2.33. The van der Waals surface area contributed by atoms with Crippen LogP contribution in [0.4, 0.5) is 19.2 Å². The average molecular weight is 1730 g/mol. The van der Waals surface area contributed by atoms with Crippen molar-refractivity contribution >= 4 is 95.1 Å². The number of esters is 2. The van der Waals surface area contributed by atoms with Gasteiger partial charge < -0.3 is 97.7 Å². The fourth-order valence-electron chi connectivity index (χ4n) is 9.91. The van der Waals surface area contributed by atoms with Crippen molar-refractivity contribution in [2.24, 2.45) is 27.8 Å². The van der Waals surface area contributed by atoms with E-state index in [2.05, 4.69) is 92.4 Å². The van der Waals surface area contributed by atoms with Crippen molar-refractivity contribution in [1.82, 2.24) is 58.5 Å². The molecule has 0 bridgehead atoms. The fraction of sp³-hybridized carbons (Fsp3) is 0.654. The molecule has 0 saturated carbocycles. The monoisotopic (exact) mass is 1720 g/mol. The quantitative estimate of drug-likeness (QED) is 0.00764. The molecule has 0 aliphatic heterocycles. The molecule has 0 aliphatic carbocycles. The van der Waals surface area contributed by atoms with Gasteiger partial charge in [0.25, 0.3) is 0 Å². The van der Waals surface area contributed by atoms with Crippen molar-refractivity contribution in [3.05, 3.63) is 92.7 Å². The Labute approximate surface area is 713 Å². The molecule has 10 amide bonds. The van der Waals surface area contributed by atoms with Crippen molar-refractivity contribution in [3.8, 4) is 0 Å². The molecule has 0 radical (unpaired) electrons. The number of carboxylic acids is 1. The van der Waals surface area contributed by atoms with Gasteiger partial charge in [0.2, 0.25) is 35.4 Å². The summed E-state index contributed by atoms with van der Waals surface area (Å²) >= 11 is 0. The lowest BCUT2D eigenvalue weighted by molar-refractivity contribution is -0.159. The molecule has 0 fully saturated rings. The number of carbonyl (C=O) groups is 16. The number of nitrogens with zero attached hydrogens (tertiary/aromatic N) is 6. The molecular formula is C81H132N18O23. The smallest absolute Gasteiger partial charge is 0.407 e. The third-order valence-electron chi connectivity index (χ3n) is 15.6. The number of carbonyl (C=O) groups excluding carboxylic acids is 15. The first-order chi connectivity index (χ1) is 57.3. The molecule has 0 aliphatic rings. The first-order valence-electron chi connectivity index (χ1n) is 40.5. The number of hydrogen-bond donors (Lipinski definition) is 13. The SMILES string of the molecule is CC(C)(C)OC(=O)NCCCCC(CC(=O)CNC(=O)CCC(=O)CNC(=O)CN=[N+]=[N-])C(=O)N[C@@H](CCCCNC(=O)OCc1ccccc1)C(=O)OC(C)(C)C.CC(C)(C)OC(=O)NCCCCC(CC(=O)CNC(=O)CNC(=O)CN)C(=O)N[C@@H](CCCCNC(=O)OCc1ccccc1)C(=O)OC(C)(C)C.CCNCC.[N-]=[N+]=NCC(=O)O. The number of azide groups is 2. The summed E-state index contributed by atoms with van der Waals surface area (Å²) in [6.07, 6.45) is 1.07. The molecular weight excluding hydrogens is 1590 g/mol. The second kappa shape index (κ2) is 65.1. The van der Waals surface area contributed by atoms with Crippen LogP contribution in [0, 0.1) is 11.8 Å². The number of hydrogen-bond acceptors (Lipinski definition) is 26. The number of carboxylic acid groups (broad SMARTS) is 1. The van der Waals surface area contributed by atoms with Crippen LogP contribution < -0.4 is 64.2 Å². The first-order valence-corrected chi connectivity index (χ1v) is 40.5. The van der Waals surface area contributed by atoms with Crippen LogP contribution in [0.25, 0.3) is 20.9 Å². The molecule has 2 aromatic carbocycles. The van der Waals surface area contributed by atoms with Crippen molar-refractivity contribution in [2.75, 3.05) is 85.1 Å². The van der Waals surface area contributed by atoms with Gasteiger partial charge in [0.15, 0.2) is 17.3 Å². The van der Waals surface area contributed by atoms with Crippen LogP contribution in [0.5, 0.6) is 0 Å². The summed E-state index contributed by atoms with van der Waals surface area (Å²) in [4.78, 5) is 201. The van der Waals surface area contributed by atoms with Crippen molar-refractivity contribution in [2.45, 2.75) is 247 Å². The molecule has 2 aromatic rings. The standard InChI is InChI=1S/C39H60N8O11.C36H58N6O10.C4H11N.C2H3N3O2/c1-38(2,3)57-35(53)31(17-11-13-20-41-36(54)56-26-27-14-8-7-9-15-27)46-34(52)28(16-10-12-21-42-37(55)58-39(4,5)6)22-30(49)24-43-32(50)19-18-29(48)23-44-33(51)25-45-47-40;1-35(2,3)51-32(47)28(17-11-13-18-38-33(48)50-24-25-14-8-7-9-15-25)42-31(46)26(16-10-12-19-39-34(49)52-36(4,5)6)20-27(43)22-40-30(45)23-41-29(44)21-37;1-3-5-4-2;3-5-4-1-2(6)7/h7-9,14-15,28,31H,10-13,16-26H2,1-6H3,(H,41,54)(H,42,55)(H,43,50)(H,44,51)(H,46,52);7-9,14-15,26,28H,10-13,16-24,37H2,1-6H3,(H,38,48)(H,39,49)(H,40,45)(H,41,44)(H,42,46);5H,3-4H2,1-2H3;1H2,(H,6,7)/t28?,31-;26?,28-;;/m00../s1. The fourth-order valence-corrected chi connectivity index (χ4v) is 9.91. The lowest BCUT2D eigenvalue weighted by Gasteiger charge is -2.26. The molecule has 14 N–H and O–H groups in total. The van der Waals surface area contributed by atoms with Crippen LogP contribution in [0.1, 0.15) is 211 Å². The van der Waals surface area contributed by atoms with Crippen LogP contribution in [0.3, 0.4) is 0 Å². The summed E-state index contributed by atoms with van der Waals surface area (Å²) in [5.41, 5.74) is 19.6. The average Bonchev–Trinajstić information content (AvgIpc) is 0.873. The van der Waals surface area contributed by atoms with Gasteiger partial charge in [-0.3, -0.25) is 47.9 Å². The van der Waals surface area contributed by atoms with E-state index in [1.807, 2.05) is 60.7 Å². The Bertz CT molecular complexity index is 3650. The molecule has 2 rings (SSSR count). The van der Waals surface area contributed by atoms with Gasteiger partial charge in [-0.25, -0.2) is 28.8 Å². The molecule has 41 nitrogen and oxygen atoms in total. The summed E-state index contributed by atoms with van der Waals surface area (Å²) in [5.74, 6) is -9.08. The zero-order valence-corrected chi connectivity index (χ0v) is 73.2. The highest BCUT2D eigenvalue weighted by atomic mass is 16.6. The lowest BCUT2D eigenvalue weighted by atomic mass is 9.94. The van der Waals surface area contributed by atoms with Crippen molar-refractivity contribution < 1.29 is 110 Å². The minimum atomic E-state index is -1.11. The number of aliphatic carboxylic acids is 1. The number of rotatable bonds is 52. The lowest BCUT2D eigenvalue weighted by Crippen LogP contribution is -2.47. The van der Waals surface area contributed by atoms with Crippen LogP contribution >= 0.6 is 0 Å². The number of nitrogens with one attached hydrogen (secondary N) is 11. The molecule has 0 aromatic heterocycles. The predicted molar refractivity (Wildman–Crippen MR) is 450 cm³/mol. The Kier molecular flexibility index (Phi) is 60.0. The van der Waals surface area contributed by atoms with Gasteiger partial charge in [-0.2, -0.15) is 0 Å². The van der Waals surface area contributed by atoms with E-state index in [1.165, 1.54) is 0 Å². The predicted octanol–water partition coefficient (Wildman–Crippen LogP) is 7.44. The zero-order valence-electron chi connectivity index (χ0n) is 73.2. The van der Waals surface area contributed by atoms with Gasteiger partial charge >= 0.3 is 42.3 Å². The Balaban J connectivity index is 0. The van der Waals surface area contributed by atoms with Crippen molar-refractivity contribution in [3.63, 3.8) is 0 Å². The normalized spacial score (nSPS) is 11.7.